The van der Waals surface area contributed by atoms with Crippen LogP contribution in [0.3, 0.4) is 0 Å². The average molecular weight is 513 g/mol. The lowest BCUT2D eigenvalue weighted by Gasteiger charge is -2.37. The van der Waals surface area contributed by atoms with Crippen molar-refractivity contribution >= 4 is 11.3 Å². The van der Waals surface area contributed by atoms with E-state index in [0.29, 0.717) is 10.7 Å². The summed E-state index contributed by atoms with van der Waals surface area (Å²) in [4.78, 5) is 13.0. The molecule has 1 fully saturated rings. The number of thiazole rings is 1. The van der Waals surface area contributed by atoms with Crippen LogP contribution < -0.4 is 5.01 Å². The van der Waals surface area contributed by atoms with Gasteiger partial charge < -0.3 is 0 Å². The zero-order valence-corrected chi connectivity index (χ0v) is 20.7. The average Bonchev–Trinajstić information content (AvgIpc) is 3.51. The third kappa shape index (κ3) is 4.37. The van der Waals surface area contributed by atoms with Crippen LogP contribution in [-0.2, 0) is 25.4 Å². The van der Waals surface area contributed by atoms with Crippen molar-refractivity contribution in [3.05, 3.63) is 64.4 Å². The molecule has 2 aromatic rings. The minimum absolute atomic E-state index is 0.395. The molecule has 0 unspecified atom stereocenters. The summed E-state index contributed by atoms with van der Waals surface area (Å²) in [6, 6.07) is 10.5. The molecule has 0 saturated carbocycles. The quantitative estimate of drug-likeness (QED) is 0.381. The van der Waals surface area contributed by atoms with E-state index in [-0.39, 0.29) is 0 Å². The summed E-state index contributed by atoms with van der Waals surface area (Å²) in [6.45, 7) is 4.54. The number of fused-ring (bicyclic) bond motifs is 3. The summed E-state index contributed by atoms with van der Waals surface area (Å²) in [7, 11) is 0. The molecule has 1 aromatic heterocycles. The van der Waals surface area contributed by atoms with Crippen molar-refractivity contribution in [1.29, 1.82) is 0 Å². The van der Waals surface area contributed by atoms with Gasteiger partial charge >= 0.3 is 6.18 Å². The lowest BCUT2D eigenvalue weighted by molar-refractivity contribution is -0.140. The largest absolute Gasteiger partial charge is 0.434 e. The number of rotatable bonds is 5. The summed E-state index contributed by atoms with van der Waals surface area (Å²) in [5, 5.41) is 8.36. The van der Waals surface area contributed by atoms with Gasteiger partial charge in [0.2, 0.25) is 0 Å². The van der Waals surface area contributed by atoms with Crippen molar-refractivity contribution in [2.75, 3.05) is 37.7 Å². The van der Waals surface area contributed by atoms with Gasteiger partial charge in [0, 0.05) is 43.7 Å². The lowest BCUT2D eigenvalue weighted by Crippen LogP contribution is -2.52. The molecule has 0 amide bonds. The zero-order valence-electron chi connectivity index (χ0n) is 19.8. The van der Waals surface area contributed by atoms with E-state index in [9.17, 15) is 13.2 Å². The van der Waals surface area contributed by atoms with Crippen molar-refractivity contribution in [1.82, 2.24) is 24.8 Å². The molecule has 2 aliphatic heterocycles. The summed E-state index contributed by atoms with van der Waals surface area (Å²) in [6.07, 6.45) is 1.88. The van der Waals surface area contributed by atoms with Crippen LogP contribution in [0.25, 0.3) is 22.0 Å². The molecule has 1 aromatic carbocycles. The van der Waals surface area contributed by atoms with E-state index >= 15 is 0 Å². The Balaban J connectivity index is 1.27. The molecular weight excluding hydrogens is 485 g/mol. The van der Waals surface area contributed by atoms with Crippen molar-refractivity contribution in [3.63, 3.8) is 0 Å². The normalized spacial score (nSPS) is 17.0. The first kappa shape index (κ1) is 23.4. The number of benzene rings is 1. The van der Waals surface area contributed by atoms with Gasteiger partial charge in [-0.15, -0.1) is 16.4 Å². The molecule has 6 rings (SSSR count). The van der Waals surface area contributed by atoms with Gasteiger partial charge in [0.05, 0.1) is 0 Å². The van der Waals surface area contributed by atoms with Crippen LogP contribution in [0.2, 0.25) is 0 Å². The Morgan fingerprint density at radius 3 is 2.42 bits per heavy atom. The van der Waals surface area contributed by atoms with Crippen molar-refractivity contribution in [2.24, 2.45) is 0 Å². The van der Waals surface area contributed by atoms with E-state index in [1.54, 1.807) is 0 Å². The third-order valence-electron chi connectivity index (χ3n) is 7.25. The lowest BCUT2D eigenvalue weighted by atomic mass is 9.93. The maximum absolute atomic E-state index is 13.3. The van der Waals surface area contributed by atoms with Crippen LogP contribution in [-0.4, -0.2) is 57.5 Å². The Bertz CT molecular complexity index is 1310. The van der Waals surface area contributed by atoms with Crippen LogP contribution in [0.1, 0.15) is 35.2 Å². The molecule has 2 aliphatic carbocycles. The number of piperazine rings is 1. The molecule has 3 heterocycles. The highest BCUT2D eigenvalue weighted by molar-refractivity contribution is 7.13. The molecule has 0 bridgehead atoms. The number of hydrogen-bond donors (Lipinski definition) is 0. The SMILES string of the molecule is FC(F)(F)c1csc(-c2c3ncnn(N4CCN(CCc5ccccc5)CC4)c-3c3c2CCCC3)n1. The fourth-order valence-electron chi connectivity index (χ4n) is 5.42. The van der Waals surface area contributed by atoms with Crippen LogP contribution in [0.4, 0.5) is 13.2 Å². The van der Waals surface area contributed by atoms with Gasteiger partial charge in [-0.05, 0) is 48.8 Å². The van der Waals surface area contributed by atoms with Gasteiger partial charge in [0.1, 0.15) is 22.7 Å². The maximum Gasteiger partial charge on any atom is 0.434 e. The first-order valence-corrected chi connectivity index (χ1v) is 13.3. The van der Waals surface area contributed by atoms with Crippen LogP contribution >= 0.6 is 11.3 Å². The van der Waals surface area contributed by atoms with E-state index < -0.39 is 11.9 Å². The Kier molecular flexibility index (Phi) is 6.17. The molecule has 0 N–H and O–H groups in total. The highest BCUT2D eigenvalue weighted by Crippen LogP contribution is 2.46. The first-order valence-electron chi connectivity index (χ1n) is 12.4. The Hall–Kier alpha value is -2.98. The van der Waals surface area contributed by atoms with Crippen molar-refractivity contribution in [2.45, 2.75) is 38.3 Å². The molecule has 0 spiro atoms. The van der Waals surface area contributed by atoms with Crippen molar-refractivity contribution < 1.29 is 13.2 Å². The minimum Gasteiger partial charge on any atom is -0.299 e. The topological polar surface area (TPSA) is 50.1 Å². The standard InChI is InChI=1S/C26H27F3N6S/c27-26(28,29)21-16-36-25(32-21)22-19-8-4-5-9-20(19)24-23(22)30-17-31-35(24)34-14-12-33(13-15-34)11-10-18-6-2-1-3-7-18/h1-3,6-7,16-17H,4-5,8-15H2. The monoisotopic (exact) mass is 512 g/mol. The number of halogens is 3. The maximum atomic E-state index is 13.3. The van der Waals surface area contributed by atoms with E-state index in [0.717, 1.165) is 98.4 Å². The fraction of sp³-hybridized carbons (Fsp3) is 0.423. The molecule has 6 nitrogen and oxygen atoms in total. The molecule has 10 heteroatoms. The predicted octanol–water partition coefficient (Wildman–Crippen LogP) is 4.90. The molecule has 188 valence electrons. The highest BCUT2D eigenvalue weighted by atomic mass is 32.1. The predicted molar refractivity (Wildman–Crippen MR) is 134 cm³/mol. The van der Waals surface area contributed by atoms with Gasteiger partial charge in [-0.2, -0.15) is 18.0 Å². The van der Waals surface area contributed by atoms with Crippen molar-refractivity contribution in [3.8, 4) is 22.0 Å². The second-order valence-corrected chi connectivity index (χ2v) is 10.3. The molecule has 4 aliphatic rings. The van der Waals surface area contributed by atoms with E-state index in [2.05, 4.69) is 49.2 Å². The summed E-state index contributed by atoms with van der Waals surface area (Å²) >= 11 is 1.05. The Morgan fingerprint density at radius 2 is 1.69 bits per heavy atom. The van der Waals surface area contributed by atoms with Gasteiger partial charge in [0.15, 0.2) is 5.69 Å². The van der Waals surface area contributed by atoms with Gasteiger partial charge in [0.25, 0.3) is 0 Å². The number of nitrogens with zero attached hydrogens (tertiary/aromatic N) is 6. The highest BCUT2D eigenvalue weighted by Gasteiger charge is 2.37. The van der Waals surface area contributed by atoms with Gasteiger partial charge in [-0.25, -0.2) is 9.97 Å². The first-order chi connectivity index (χ1) is 17.5. The molecule has 0 atom stereocenters. The molecular formula is C26H27F3N6S. The van der Waals surface area contributed by atoms with E-state index in [1.807, 2.05) is 10.9 Å². The number of hydrogen-bond acceptors (Lipinski definition) is 6. The Morgan fingerprint density at radius 1 is 0.944 bits per heavy atom. The second-order valence-electron chi connectivity index (χ2n) is 9.45. The summed E-state index contributed by atoms with van der Waals surface area (Å²) in [5.74, 6) is 0. The summed E-state index contributed by atoms with van der Waals surface area (Å²) in [5.41, 5.74) is 5.18. The van der Waals surface area contributed by atoms with Crippen LogP contribution in [0.15, 0.2) is 42.0 Å². The number of alkyl halides is 3. The van der Waals surface area contributed by atoms with E-state index in [1.165, 1.54) is 17.5 Å². The minimum atomic E-state index is -4.45. The van der Waals surface area contributed by atoms with Crippen LogP contribution in [0, 0.1) is 0 Å². The molecule has 36 heavy (non-hydrogen) atoms. The van der Waals surface area contributed by atoms with Crippen LogP contribution in [0.5, 0.6) is 0 Å². The second kappa shape index (κ2) is 9.48. The molecule has 0 radical (unpaired) electrons. The fourth-order valence-corrected chi connectivity index (χ4v) is 6.32. The van der Waals surface area contributed by atoms with Gasteiger partial charge in [-0.3, -0.25) is 9.91 Å². The van der Waals surface area contributed by atoms with E-state index in [4.69, 9.17) is 0 Å². The van der Waals surface area contributed by atoms with Gasteiger partial charge in [-0.1, -0.05) is 30.3 Å². The Labute approximate surface area is 211 Å². The molecule has 1 saturated heterocycles. The zero-order chi connectivity index (χ0) is 24.7. The number of aromatic nitrogens is 4. The summed E-state index contributed by atoms with van der Waals surface area (Å²) < 4.78 is 39.9. The smallest absolute Gasteiger partial charge is 0.299 e. The third-order valence-corrected chi connectivity index (χ3v) is 8.11.